The van der Waals surface area contributed by atoms with Gasteiger partial charge in [0.05, 0.1) is 10.0 Å². The van der Waals surface area contributed by atoms with E-state index in [9.17, 15) is 0 Å². The van der Waals surface area contributed by atoms with Gasteiger partial charge in [0.2, 0.25) is 0 Å². The summed E-state index contributed by atoms with van der Waals surface area (Å²) in [5.41, 5.74) is 3.65. The van der Waals surface area contributed by atoms with Crippen molar-refractivity contribution in [2.75, 3.05) is 0 Å². The van der Waals surface area contributed by atoms with E-state index in [-0.39, 0.29) is 4.83 Å². The van der Waals surface area contributed by atoms with Crippen LogP contribution < -0.4 is 0 Å². The van der Waals surface area contributed by atoms with Crippen molar-refractivity contribution in [3.8, 4) is 0 Å². The zero-order valence-corrected chi connectivity index (χ0v) is 14.9. The van der Waals surface area contributed by atoms with E-state index >= 15 is 0 Å². The van der Waals surface area contributed by atoms with Crippen molar-refractivity contribution in [3.63, 3.8) is 0 Å². The summed E-state index contributed by atoms with van der Waals surface area (Å²) in [4.78, 5) is 0.251. The smallest absolute Gasteiger partial charge is 0.0595 e. The van der Waals surface area contributed by atoms with Gasteiger partial charge in [-0.2, -0.15) is 0 Å². The minimum absolute atomic E-state index is 0.251. The molecule has 0 aromatic heterocycles. The van der Waals surface area contributed by atoms with Gasteiger partial charge in [0, 0.05) is 9.30 Å². The minimum Gasteiger partial charge on any atom is -0.0835 e. The number of halogens is 4. The Labute approximate surface area is 140 Å². The average Bonchev–Trinajstić information content (AvgIpc) is 2.32. The molecular formula is C15H12Br2Cl2. The molecule has 0 nitrogen and oxygen atoms in total. The third-order valence-electron chi connectivity index (χ3n) is 2.83. The monoisotopic (exact) mass is 420 g/mol. The summed E-state index contributed by atoms with van der Waals surface area (Å²) < 4.78 is 1.10. The molecule has 4 heteroatoms. The molecule has 2 aromatic carbocycles. The summed E-state index contributed by atoms with van der Waals surface area (Å²) in [6.45, 7) is 2.09. The van der Waals surface area contributed by atoms with Gasteiger partial charge in [-0.05, 0) is 54.3 Å². The average molecular weight is 423 g/mol. The minimum atomic E-state index is 0.251. The van der Waals surface area contributed by atoms with Gasteiger partial charge in [-0.1, -0.05) is 67.2 Å². The fourth-order valence-corrected chi connectivity index (χ4v) is 3.52. The van der Waals surface area contributed by atoms with Crippen LogP contribution in [0.25, 0.3) is 0 Å². The second-order valence-electron chi connectivity index (χ2n) is 4.48. The van der Waals surface area contributed by atoms with Crippen molar-refractivity contribution in [2.45, 2.75) is 18.2 Å². The molecule has 0 spiro atoms. The molecule has 1 unspecified atom stereocenters. The largest absolute Gasteiger partial charge is 0.0835 e. The van der Waals surface area contributed by atoms with Crippen LogP contribution in [0.4, 0.5) is 0 Å². The van der Waals surface area contributed by atoms with Crippen LogP contribution in [0.5, 0.6) is 0 Å². The Balaban J connectivity index is 2.20. The van der Waals surface area contributed by atoms with Crippen molar-refractivity contribution < 1.29 is 0 Å². The fourth-order valence-electron chi connectivity index (χ4n) is 1.94. The molecule has 0 aliphatic heterocycles. The summed E-state index contributed by atoms with van der Waals surface area (Å²) in [6, 6.07) is 12.2. The van der Waals surface area contributed by atoms with Crippen LogP contribution in [-0.2, 0) is 6.42 Å². The first kappa shape index (κ1) is 15.4. The molecule has 0 bridgehead atoms. The van der Waals surface area contributed by atoms with Crippen molar-refractivity contribution in [2.24, 2.45) is 0 Å². The van der Waals surface area contributed by atoms with Crippen LogP contribution in [0.1, 0.15) is 21.5 Å². The molecule has 0 heterocycles. The fraction of sp³-hybridized carbons (Fsp3) is 0.200. The van der Waals surface area contributed by atoms with Crippen LogP contribution >= 0.6 is 55.1 Å². The summed E-state index contributed by atoms with van der Waals surface area (Å²) in [5.74, 6) is 0. The lowest BCUT2D eigenvalue weighted by Crippen LogP contribution is -1.96. The number of alkyl halides is 1. The van der Waals surface area contributed by atoms with Crippen molar-refractivity contribution in [3.05, 3.63) is 67.6 Å². The van der Waals surface area contributed by atoms with E-state index in [1.54, 1.807) is 0 Å². The molecule has 0 radical (unpaired) electrons. The predicted octanol–water partition coefficient (Wildman–Crippen LogP) is 6.74. The molecule has 100 valence electrons. The van der Waals surface area contributed by atoms with Crippen LogP contribution in [0.3, 0.4) is 0 Å². The maximum Gasteiger partial charge on any atom is 0.0595 e. The molecule has 0 aliphatic carbocycles. The molecule has 19 heavy (non-hydrogen) atoms. The highest BCUT2D eigenvalue weighted by Gasteiger charge is 2.11. The van der Waals surface area contributed by atoms with Crippen LogP contribution in [-0.4, -0.2) is 0 Å². The normalized spacial score (nSPS) is 12.5. The number of benzene rings is 2. The van der Waals surface area contributed by atoms with E-state index in [2.05, 4.69) is 57.0 Å². The van der Waals surface area contributed by atoms with E-state index in [0.29, 0.717) is 10.0 Å². The molecule has 0 N–H and O–H groups in total. The lowest BCUT2D eigenvalue weighted by Gasteiger charge is -2.12. The predicted molar refractivity (Wildman–Crippen MR) is 90.7 cm³/mol. The third kappa shape index (κ3) is 4.22. The highest BCUT2D eigenvalue weighted by atomic mass is 79.9. The number of hydrogen-bond donors (Lipinski definition) is 0. The lowest BCUT2D eigenvalue weighted by molar-refractivity contribution is 0.946. The van der Waals surface area contributed by atoms with Gasteiger partial charge in [-0.3, -0.25) is 0 Å². The van der Waals surface area contributed by atoms with Crippen molar-refractivity contribution in [1.29, 1.82) is 0 Å². The first-order chi connectivity index (χ1) is 8.95. The Morgan fingerprint density at radius 3 is 2.42 bits per heavy atom. The van der Waals surface area contributed by atoms with Gasteiger partial charge in [0.15, 0.2) is 0 Å². The van der Waals surface area contributed by atoms with E-state index in [0.717, 1.165) is 16.5 Å². The second-order valence-corrected chi connectivity index (χ2v) is 7.32. The summed E-state index contributed by atoms with van der Waals surface area (Å²) in [5, 5.41) is 1.19. The van der Waals surface area contributed by atoms with Crippen LogP contribution in [0.2, 0.25) is 10.0 Å². The Morgan fingerprint density at radius 2 is 1.79 bits per heavy atom. The van der Waals surface area contributed by atoms with E-state index in [1.165, 1.54) is 11.1 Å². The van der Waals surface area contributed by atoms with E-state index < -0.39 is 0 Å². The Morgan fingerprint density at radius 1 is 1.05 bits per heavy atom. The number of aryl methyl sites for hydroxylation is 1. The maximum atomic E-state index is 6.04. The summed E-state index contributed by atoms with van der Waals surface area (Å²) >= 11 is 19.2. The van der Waals surface area contributed by atoms with Gasteiger partial charge in [-0.15, -0.1) is 0 Å². The highest BCUT2D eigenvalue weighted by molar-refractivity contribution is 9.10. The van der Waals surface area contributed by atoms with Gasteiger partial charge < -0.3 is 0 Å². The quantitative estimate of drug-likeness (QED) is 0.480. The van der Waals surface area contributed by atoms with Crippen LogP contribution in [0.15, 0.2) is 40.9 Å². The van der Waals surface area contributed by atoms with Gasteiger partial charge in [0.25, 0.3) is 0 Å². The lowest BCUT2D eigenvalue weighted by atomic mass is 10.0. The topological polar surface area (TPSA) is 0 Å². The van der Waals surface area contributed by atoms with E-state index in [4.69, 9.17) is 23.2 Å². The summed E-state index contributed by atoms with van der Waals surface area (Å²) in [7, 11) is 0. The second kappa shape index (κ2) is 6.62. The molecule has 1 atom stereocenters. The molecule has 0 saturated carbocycles. The number of hydrogen-bond acceptors (Lipinski definition) is 0. The maximum absolute atomic E-state index is 6.04. The Hall–Kier alpha value is -0.0200. The molecule has 0 aliphatic rings. The van der Waals surface area contributed by atoms with Gasteiger partial charge >= 0.3 is 0 Å². The van der Waals surface area contributed by atoms with Crippen molar-refractivity contribution in [1.82, 2.24) is 0 Å². The molecule has 2 aromatic rings. The molecule has 0 saturated heterocycles. The third-order valence-corrected chi connectivity index (χ3v) is 4.87. The number of rotatable bonds is 3. The molecule has 2 rings (SSSR count). The van der Waals surface area contributed by atoms with E-state index in [1.807, 2.05) is 18.2 Å². The highest BCUT2D eigenvalue weighted by Crippen LogP contribution is 2.31. The first-order valence-electron chi connectivity index (χ1n) is 5.81. The molecular weight excluding hydrogens is 411 g/mol. The SMILES string of the molecule is Cc1cc(Br)cc(C(Br)Cc2ccc(Cl)c(Cl)c2)c1. The zero-order valence-electron chi connectivity index (χ0n) is 10.3. The molecule has 0 amide bonds. The summed E-state index contributed by atoms with van der Waals surface area (Å²) in [6.07, 6.45) is 0.868. The van der Waals surface area contributed by atoms with Crippen LogP contribution in [0, 0.1) is 6.92 Å². The Bertz CT molecular complexity index is 576. The van der Waals surface area contributed by atoms with Gasteiger partial charge in [0.1, 0.15) is 0 Å². The first-order valence-corrected chi connectivity index (χ1v) is 8.27. The molecule has 0 fully saturated rings. The Kier molecular flexibility index (Phi) is 5.36. The van der Waals surface area contributed by atoms with Crippen molar-refractivity contribution >= 4 is 55.1 Å². The van der Waals surface area contributed by atoms with Gasteiger partial charge in [-0.25, -0.2) is 0 Å². The standard InChI is InChI=1S/C15H12Br2Cl2/c1-9-4-11(8-12(16)5-9)13(17)6-10-2-3-14(18)15(19)7-10/h2-5,7-8,13H,6H2,1H3. The zero-order chi connectivity index (χ0) is 14.0.